The van der Waals surface area contributed by atoms with Crippen molar-refractivity contribution in [2.45, 2.75) is 39.5 Å². The average Bonchev–Trinajstić information content (AvgIpc) is 3.68. The highest BCUT2D eigenvalue weighted by Crippen LogP contribution is 2.36. The van der Waals surface area contributed by atoms with Gasteiger partial charge in [0.15, 0.2) is 11.4 Å². The molecule has 42 heavy (non-hydrogen) atoms. The molecule has 0 saturated carbocycles. The molecule has 6 heterocycles. The lowest BCUT2D eigenvalue weighted by molar-refractivity contribution is 0.103. The molecular weight excluding hydrogens is 532 g/mol. The first-order valence-electron chi connectivity index (χ1n) is 14.7. The number of aromatic nitrogens is 8. The average molecular weight is 571 g/mol. The molecule has 0 unspecified atom stereocenters. The van der Waals surface area contributed by atoms with Crippen LogP contribution in [-0.4, -0.2) is 98.5 Å². The molecule has 0 spiro atoms. The minimum Gasteiger partial charge on any atom is -0.365 e. The fourth-order valence-electron chi connectivity index (χ4n) is 5.74. The Morgan fingerprint density at radius 3 is 1.26 bits per heavy atom. The second kappa shape index (κ2) is 11.7. The van der Waals surface area contributed by atoms with E-state index in [0.717, 1.165) is 87.0 Å². The van der Waals surface area contributed by atoms with Gasteiger partial charge in [0.25, 0.3) is 0 Å². The molecule has 2 fully saturated rings. The van der Waals surface area contributed by atoms with Gasteiger partial charge < -0.3 is 19.6 Å². The summed E-state index contributed by atoms with van der Waals surface area (Å²) >= 11 is 0. The Kier molecular flexibility index (Phi) is 7.72. The van der Waals surface area contributed by atoms with Gasteiger partial charge in [0.05, 0.1) is 22.8 Å². The van der Waals surface area contributed by atoms with Gasteiger partial charge in [-0.1, -0.05) is 27.7 Å². The second-order valence-corrected chi connectivity index (χ2v) is 11.4. The second-order valence-electron chi connectivity index (χ2n) is 11.4. The minimum atomic E-state index is -0.172. The van der Waals surface area contributed by atoms with Gasteiger partial charge in [-0.25, -0.2) is 19.9 Å². The van der Waals surface area contributed by atoms with Gasteiger partial charge in [0, 0.05) is 77.1 Å². The van der Waals surface area contributed by atoms with Crippen molar-refractivity contribution in [3.8, 4) is 0 Å². The monoisotopic (exact) mass is 570 g/mol. The lowest BCUT2D eigenvalue weighted by Crippen LogP contribution is -2.48. The zero-order valence-electron chi connectivity index (χ0n) is 24.7. The molecule has 4 aromatic heterocycles. The van der Waals surface area contributed by atoms with Crippen LogP contribution in [0.5, 0.6) is 0 Å². The number of carbonyl (C=O) groups excluding carboxylic acids is 1. The van der Waals surface area contributed by atoms with Crippen LogP contribution in [-0.2, 0) is 0 Å². The minimum absolute atomic E-state index is 0.169. The standard InChI is InChI=1S/C29H38N12O/c1-19(2)21-25(38-11-15-40(16-12-38)28-30-7-5-8-31-28)23(36-34-21)27(42)24-26(22(20(3)4)35-37-24)39-13-17-41(18-14-39)29-32-9-6-10-33-29/h5-10,19-20H,11-18H2,1-4H3,(H,34,36)(H,35,37). The van der Waals surface area contributed by atoms with Crippen molar-refractivity contribution in [2.24, 2.45) is 0 Å². The third-order valence-corrected chi connectivity index (χ3v) is 7.98. The normalized spacial score (nSPS) is 16.1. The van der Waals surface area contributed by atoms with Crippen LogP contribution in [0, 0.1) is 0 Å². The number of ketones is 1. The molecule has 6 rings (SSSR count). The quantitative estimate of drug-likeness (QED) is 0.302. The lowest BCUT2D eigenvalue weighted by Gasteiger charge is -2.37. The van der Waals surface area contributed by atoms with E-state index in [2.05, 4.69) is 87.6 Å². The molecule has 2 N–H and O–H groups in total. The van der Waals surface area contributed by atoms with Crippen molar-refractivity contribution in [1.29, 1.82) is 0 Å². The molecule has 220 valence electrons. The Morgan fingerprint density at radius 2 is 0.929 bits per heavy atom. The number of nitrogens with zero attached hydrogens (tertiary/aromatic N) is 10. The zero-order chi connectivity index (χ0) is 29.2. The van der Waals surface area contributed by atoms with Crippen molar-refractivity contribution < 1.29 is 4.79 Å². The topological polar surface area (TPSA) is 139 Å². The molecule has 0 aliphatic carbocycles. The van der Waals surface area contributed by atoms with Crippen molar-refractivity contribution in [3.63, 3.8) is 0 Å². The Morgan fingerprint density at radius 1 is 0.595 bits per heavy atom. The fraction of sp³-hybridized carbons (Fsp3) is 0.483. The molecule has 13 heteroatoms. The van der Waals surface area contributed by atoms with Crippen molar-refractivity contribution in [1.82, 2.24) is 40.3 Å². The molecule has 2 saturated heterocycles. The third kappa shape index (κ3) is 5.26. The summed E-state index contributed by atoms with van der Waals surface area (Å²) in [5, 5.41) is 15.6. The summed E-state index contributed by atoms with van der Waals surface area (Å²) in [6.07, 6.45) is 7.06. The fourth-order valence-corrected chi connectivity index (χ4v) is 5.74. The summed E-state index contributed by atoms with van der Waals surface area (Å²) < 4.78 is 0. The number of hydrogen-bond acceptors (Lipinski definition) is 11. The van der Waals surface area contributed by atoms with Gasteiger partial charge in [-0.3, -0.25) is 15.0 Å². The van der Waals surface area contributed by atoms with Crippen molar-refractivity contribution in [3.05, 3.63) is 59.7 Å². The van der Waals surface area contributed by atoms with E-state index < -0.39 is 0 Å². The van der Waals surface area contributed by atoms with E-state index in [0.29, 0.717) is 11.4 Å². The van der Waals surface area contributed by atoms with Gasteiger partial charge in [0.2, 0.25) is 17.7 Å². The highest BCUT2D eigenvalue weighted by molar-refractivity contribution is 6.13. The van der Waals surface area contributed by atoms with E-state index >= 15 is 0 Å². The summed E-state index contributed by atoms with van der Waals surface area (Å²) in [4.78, 5) is 40.9. The highest BCUT2D eigenvalue weighted by Gasteiger charge is 2.34. The van der Waals surface area contributed by atoms with E-state index in [1.54, 1.807) is 24.8 Å². The van der Waals surface area contributed by atoms with E-state index in [4.69, 9.17) is 0 Å². The van der Waals surface area contributed by atoms with Crippen molar-refractivity contribution in [2.75, 3.05) is 72.0 Å². The maximum absolute atomic E-state index is 14.3. The third-order valence-electron chi connectivity index (χ3n) is 7.98. The molecule has 0 radical (unpaired) electrons. The summed E-state index contributed by atoms with van der Waals surface area (Å²) in [5.74, 6) is 1.62. The van der Waals surface area contributed by atoms with Crippen LogP contribution in [0.25, 0.3) is 0 Å². The lowest BCUT2D eigenvalue weighted by atomic mass is 10.0. The van der Waals surface area contributed by atoms with Gasteiger partial charge in [-0.15, -0.1) is 0 Å². The van der Waals surface area contributed by atoms with Crippen LogP contribution >= 0.6 is 0 Å². The Labute approximate surface area is 245 Å². The van der Waals surface area contributed by atoms with Gasteiger partial charge in [-0.05, 0) is 24.0 Å². The number of piperazine rings is 2. The molecule has 0 atom stereocenters. The van der Waals surface area contributed by atoms with E-state index in [1.807, 2.05) is 12.1 Å². The van der Waals surface area contributed by atoms with E-state index in [-0.39, 0.29) is 17.6 Å². The zero-order valence-corrected chi connectivity index (χ0v) is 24.7. The maximum Gasteiger partial charge on any atom is 0.237 e. The van der Waals surface area contributed by atoms with Crippen molar-refractivity contribution >= 4 is 29.1 Å². The molecule has 4 aromatic rings. The van der Waals surface area contributed by atoms with Crippen LogP contribution in [0.15, 0.2) is 36.9 Å². The number of nitrogens with one attached hydrogen (secondary N) is 2. The highest BCUT2D eigenvalue weighted by atomic mass is 16.1. The predicted octanol–water partition coefficient (Wildman–Crippen LogP) is 2.84. The number of carbonyl (C=O) groups is 1. The van der Waals surface area contributed by atoms with Gasteiger partial charge in [0.1, 0.15) is 0 Å². The Bertz CT molecular complexity index is 1370. The summed E-state index contributed by atoms with van der Waals surface area (Å²) in [6, 6.07) is 3.65. The van der Waals surface area contributed by atoms with E-state index in [9.17, 15) is 4.79 Å². The number of anilines is 4. The number of rotatable bonds is 8. The number of hydrogen-bond donors (Lipinski definition) is 2. The molecule has 0 amide bonds. The van der Waals surface area contributed by atoms with Crippen LogP contribution in [0.2, 0.25) is 0 Å². The first kappa shape index (κ1) is 27.6. The first-order chi connectivity index (χ1) is 20.4. The van der Waals surface area contributed by atoms with Crippen LogP contribution in [0.3, 0.4) is 0 Å². The maximum atomic E-state index is 14.3. The summed E-state index contributed by atoms with van der Waals surface area (Å²) in [7, 11) is 0. The Balaban J connectivity index is 1.27. The molecular formula is C29H38N12O. The Hall–Kier alpha value is -4.55. The van der Waals surface area contributed by atoms with Crippen LogP contribution in [0.1, 0.15) is 67.1 Å². The predicted molar refractivity (Wildman–Crippen MR) is 162 cm³/mol. The summed E-state index contributed by atoms with van der Waals surface area (Å²) in [6.45, 7) is 14.4. The summed E-state index contributed by atoms with van der Waals surface area (Å²) in [5.41, 5.74) is 4.50. The van der Waals surface area contributed by atoms with Gasteiger partial charge >= 0.3 is 0 Å². The smallest absolute Gasteiger partial charge is 0.237 e. The molecule has 0 bridgehead atoms. The van der Waals surface area contributed by atoms with Gasteiger partial charge in [-0.2, -0.15) is 10.2 Å². The largest absolute Gasteiger partial charge is 0.365 e. The van der Waals surface area contributed by atoms with Crippen LogP contribution in [0.4, 0.5) is 23.3 Å². The number of H-pyrrole nitrogens is 2. The molecule has 0 aromatic carbocycles. The molecule has 13 nitrogen and oxygen atoms in total. The van der Waals surface area contributed by atoms with E-state index in [1.165, 1.54) is 0 Å². The van der Waals surface area contributed by atoms with Crippen LogP contribution < -0.4 is 19.6 Å². The SMILES string of the molecule is CC(C)c1[nH]nc(C(=O)c2n[nH]c(C(C)C)c2N2CCN(c3ncccn3)CC2)c1N1CCN(c2ncccn2)CC1. The molecule has 2 aliphatic heterocycles. The first-order valence-corrected chi connectivity index (χ1v) is 14.7. The number of aromatic amines is 2. The molecule has 2 aliphatic rings.